The second kappa shape index (κ2) is 10.6. The molecule has 6 rings (SSSR count). The van der Waals surface area contributed by atoms with Crippen molar-refractivity contribution in [1.29, 1.82) is 0 Å². The number of carboxylic acids is 1. The maximum absolute atomic E-state index is 15.3. The molecule has 13 heteroatoms. The minimum absolute atomic E-state index is 0.0300. The van der Waals surface area contributed by atoms with Crippen LogP contribution in [-0.4, -0.2) is 66.0 Å². The zero-order valence-electron chi connectivity index (χ0n) is 22.7. The maximum atomic E-state index is 15.3. The van der Waals surface area contributed by atoms with E-state index >= 15 is 8.78 Å². The Morgan fingerprint density at radius 1 is 1.07 bits per heavy atom. The molecule has 0 bridgehead atoms. The highest BCUT2D eigenvalue weighted by atomic mass is 19.1. The van der Waals surface area contributed by atoms with E-state index in [1.54, 1.807) is 16.7 Å². The lowest BCUT2D eigenvalue weighted by Gasteiger charge is -2.22. The number of hydrogen-bond acceptors (Lipinski definition) is 7. The van der Waals surface area contributed by atoms with E-state index in [9.17, 15) is 24.3 Å². The number of halogens is 2. The molecular weight excluding hydrogens is 552 g/mol. The van der Waals surface area contributed by atoms with Gasteiger partial charge in [0.1, 0.15) is 23.3 Å². The smallest absolute Gasteiger partial charge is 0.414 e. The van der Waals surface area contributed by atoms with Crippen molar-refractivity contribution in [2.45, 2.75) is 44.4 Å². The zero-order valence-corrected chi connectivity index (χ0v) is 22.7. The number of fused-ring (bicyclic) bond motifs is 1. The average Bonchev–Trinajstić information content (AvgIpc) is 3.56. The van der Waals surface area contributed by atoms with Gasteiger partial charge in [0.25, 0.3) is 0 Å². The lowest BCUT2D eigenvalue weighted by atomic mass is 10.1. The molecule has 220 valence electrons. The Kier molecular flexibility index (Phi) is 6.95. The molecule has 2 amide bonds. The van der Waals surface area contributed by atoms with E-state index in [1.165, 1.54) is 30.2 Å². The average molecular weight is 582 g/mol. The van der Waals surface area contributed by atoms with E-state index in [0.29, 0.717) is 36.4 Å². The third-order valence-corrected chi connectivity index (χ3v) is 7.88. The number of nitrogens with zero attached hydrogens (tertiary/aromatic N) is 3. The van der Waals surface area contributed by atoms with Crippen LogP contribution in [0.3, 0.4) is 0 Å². The summed E-state index contributed by atoms with van der Waals surface area (Å²) in [4.78, 5) is 50.9. The van der Waals surface area contributed by atoms with Crippen molar-refractivity contribution < 1.29 is 33.0 Å². The minimum Gasteiger partial charge on any atom is -0.477 e. The van der Waals surface area contributed by atoms with Gasteiger partial charge in [0, 0.05) is 43.7 Å². The Bertz CT molecular complexity index is 1670. The number of carboxylic acid groups (broad SMARTS) is 1. The summed E-state index contributed by atoms with van der Waals surface area (Å²) in [5, 5.41) is 15.3. The van der Waals surface area contributed by atoms with Gasteiger partial charge in [-0.1, -0.05) is 0 Å². The van der Waals surface area contributed by atoms with Crippen LogP contribution in [0.4, 0.5) is 30.6 Å². The van der Waals surface area contributed by atoms with Gasteiger partial charge in [-0.25, -0.2) is 18.4 Å². The molecule has 0 radical (unpaired) electrons. The molecule has 3 aliphatic rings. The molecule has 2 aromatic carbocycles. The summed E-state index contributed by atoms with van der Waals surface area (Å²) in [6.07, 6.45) is 2.47. The van der Waals surface area contributed by atoms with Gasteiger partial charge < -0.3 is 29.9 Å². The van der Waals surface area contributed by atoms with Crippen LogP contribution in [0.1, 0.15) is 42.6 Å². The van der Waals surface area contributed by atoms with Gasteiger partial charge in [-0.2, -0.15) is 0 Å². The summed E-state index contributed by atoms with van der Waals surface area (Å²) in [5.74, 6) is -2.78. The molecule has 1 aromatic heterocycles. The Hall–Kier alpha value is -4.68. The third kappa shape index (κ3) is 5.21. The van der Waals surface area contributed by atoms with Crippen LogP contribution in [0, 0.1) is 11.6 Å². The maximum Gasteiger partial charge on any atom is 0.414 e. The van der Waals surface area contributed by atoms with Crippen LogP contribution in [0.25, 0.3) is 10.9 Å². The number of aromatic nitrogens is 1. The fourth-order valence-electron chi connectivity index (χ4n) is 5.61. The Balaban J connectivity index is 1.17. The number of carbonyl (C=O) groups is 3. The van der Waals surface area contributed by atoms with Crippen LogP contribution < -0.4 is 25.9 Å². The highest BCUT2D eigenvalue weighted by Crippen LogP contribution is 2.38. The second-order valence-corrected chi connectivity index (χ2v) is 10.9. The fourth-order valence-corrected chi connectivity index (χ4v) is 5.61. The Labute approximate surface area is 238 Å². The number of anilines is 3. The number of benzene rings is 2. The molecule has 42 heavy (non-hydrogen) atoms. The molecule has 0 spiro atoms. The highest BCUT2D eigenvalue weighted by Gasteiger charge is 2.33. The molecule has 0 unspecified atom stereocenters. The summed E-state index contributed by atoms with van der Waals surface area (Å²) in [6, 6.07) is 6.94. The Morgan fingerprint density at radius 2 is 1.86 bits per heavy atom. The van der Waals surface area contributed by atoms with Gasteiger partial charge in [0.2, 0.25) is 11.3 Å². The zero-order chi connectivity index (χ0) is 29.7. The Morgan fingerprint density at radius 3 is 2.55 bits per heavy atom. The summed E-state index contributed by atoms with van der Waals surface area (Å²) < 4.78 is 37.4. The molecule has 1 aliphatic carbocycles. The van der Waals surface area contributed by atoms with Crippen LogP contribution in [0.2, 0.25) is 0 Å². The summed E-state index contributed by atoms with van der Waals surface area (Å²) in [7, 11) is 0. The van der Waals surface area contributed by atoms with E-state index < -0.39 is 35.2 Å². The second-order valence-electron chi connectivity index (χ2n) is 10.9. The topological polar surface area (TPSA) is 133 Å². The number of carbonyl (C=O) groups excluding carboxylic acids is 2. The number of aromatic carboxylic acids is 1. The quantitative estimate of drug-likeness (QED) is 0.369. The summed E-state index contributed by atoms with van der Waals surface area (Å²) >= 11 is 0. The van der Waals surface area contributed by atoms with Crippen molar-refractivity contribution in [3.8, 4) is 0 Å². The van der Waals surface area contributed by atoms with Gasteiger partial charge in [-0.3, -0.25) is 14.5 Å². The number of hydrogen-bond donors (Lipinski definition) is 3. The van der Waals surface area contributed by atoms with Gasteiger partial charge in [-0.15, -0.1) is 0 Å². The fraction of sp³-hybridized carbons (Fsp3) is 0.379. The molecule has 3 N–H and O–H groups in total. The molecule has 2 atom stereocenters. The third-order valence-electron chi connectivity index (χ3n) is 7.88. The van der Waals surface area contributed by atoms with E-state index in [2.05, 4.69) is 10.6 Å². The van der Waals surface area contributed by atoms with Gasteiger partial charge in [0.15, 0.2) is 0 Å². The minimum atomic E-state index is -1.35. The SMILES string of the molecule is CC(=O)NC[C@H]1CN(c2ccc(N[C@H]3CCN(c4cc5c(cc4F)c(=O)c(C(=O)O)cn5C4CC4)C3)c(F)c2)C(=O)O1. The number of pyridine rings is 1. The molecule has 3 aromatic rings. The highest BCUT2D eigenvalue weighted by molar-refractivity contribution is 5.94. The number of nitrogens with one attached hydrogen (secondary N) is 2. The molecule has 1 saturated carbocycles. The first kappa shape index (κ1) is 27.5. The summed E-state index contributed by atoms with van der Waals surface area (Å²) in [6.45, 7) is 2.55. The van der Waals surface area contributed by atoms with E-state index in [-0.39, 0.29) is 47.7 Å². The van der Waals surface area contributed by atoms with Gasteiger partial charge in [-0.05, 0) is 49.6 Å². The molecule has 2 saturated heterocycles. The van der Waals surface area contributed by atoms with Crippen molar-refractivity contribution in [1.82, 2.24) is 9.88 Å². The standard InChI is InChI=1S/C29H29F2N5O6/c1-15(37)32-11-19-13-36(29(41)42-19)18-4-5-24(22(30)8-18)33-16-6-7-34(12-16)26-10-25-20(9-23(26)31)27(38)21(28(39)40)14-35(25)17-2-3-17/h4-5,8-10,14,16-17,19,33H,2-3,6-7,11-13H2,1H3,(H,32,37)(H,39,40)/t16-,19-/m0/s1. The van der Waals surface area contributed by atoms with Crippen LogP contribution in [-0.2, 0) is 9.53 Å². The van der Waals surface area contributed by atoms with Crippen molar-refractivity contribution in [2.24, 2.45) is 0 Å². The first-order valence-electron chi connectivity index (χ1n) is 13.7. The van der Waals surface area contributed by atoms with Crippen LogP contribution in [0.15, 0.2) is 41.3 Å². The number of ether oxygens (including phenoxy) is 1. The number of amides is 2. The molecular formula is C29H29F2N5O6. The van der Waals surface area contributed by atoms with Crippen LogP contribution >= 0.6 is 0 Å². The first-order chi connectivity index (χ1) is 20.1. The normalized spacial score (nSPS) is 20.2. The summed E-state index contributed by atoms with van der Waals surface area (Å²) in [5.41, 5.74) is 0.238. The molecule has 3 fully saturated rings. The van der Waals surface area contributed by atoms with Gasteiger partial charge in [0.05, 0.1) is 35.7 Å². The predicted octanol–water partition coefficient (Wildman–Crippen LogP) is 3.46. The molecule has 11 nitrogen and oxygen atoms in total. The van der Waals surface area contributed by atoms with E-state index in [0.717, 1.165) is 18.9 Å². The van der Waals surface area contributed by atoms with E-state index in [1.807, 2.05) is 4.90 Å². The van der Waals surface area contributed by atoms with Gasteiger partial charge >= 0.3 is 12.1 Å². The van der Waals surface area contributed by atoms with Crippen molar-refractivity contribution in [2.75, 3.05) is 41.3 Å². The number of rotatable bonds is 8. The van der Waals surface area contributed by atoms with Crippen LogP contribution in [0.5, 0.6) is 0 Å². The largest absolute Gasteiger partial charge is 0.477 e. The first-order valence-corrected chi connectivity index (χ1v) is 13.7. The molecule has 3 heterocycles. The lowest BCUT2D eigenvalue weighted by Crippen LogP contribution is -2.33. The van der Waals surface area contributed by atoms with Crippen molar-refractivity contribution >= 4 is 45.9 Å². The number of cyclic esters (lactones) is 1. The molecule has 2 aliphatic heterocycles. The monoisotopic (exact) mass is 581 g/mol. The van der Waals surface area contributed by atoms with Crippen molar-refractivity contribution in [3.05, 3.63) is 63.9 Å². The van der Waals surface area contributed by atoms with Crippen molar-refractivity contribution in [3.63, 3.8) is 0 Å². The predicted molar refractivity (Wildman–Crippen MR) is 150 cm³/mol. The lowest BCUT2D eigenvalue weighted by molar-refractivity contribution is -0.119. The van der Waals surface area contributed by atoms with E-state index in [4.69, 9.17) is 4.74 Å².